The number of likely N-dealkylation sites (N-methyl/N-ethyl adjacent to an activating group) is 3. The Bertz CT molecular complexity index is 3270. The van der Waals surface area contributed by atoms with Crippen LogP contribution < -0.4 is 5.73 Å². The van der Waals surface area contributed by atoms with Gasteiger partial charge in [0.15, 0.2) is 22.6 Å². The number of ether oxygens (including phenoxy) is 3. The maximum atomic E-state index is 13.7. The van der Waals surface area contributed by atoms with E-state index in [0.29, 0.717) is 29.8 Å². The fourth-order valence-electron chi connectivity index (χ4n) is 16.1. The van der Waals surface area contributed by atoms with Crippen LogP contribution in [-0.4, -0.2) is 111 Å². The van der Waals surface area contributed by atoms with E-state index in [1.54, 1.807) is 38.2 Å². The zero-order valence-electron chi connectivity index (χ0n) is 55.1. The molecule has 6 spiro atoms. The van der Waals surface area contributed by atoms with Crippen molar-refractivity contribution in [1.29, 1.82) is 0 Å². The molecule has 14 heteroatoms. The van der Waals surface area contributed by atoms with Crippen LogP contribution in [0.25, 0.3) is 0 Å². The lowest BCUT2D eigenvalue weighted by atomic mass is 9.61. The number of carbonyl (C=O) groups excluding carboxylic acids is 3. The molecule has 6 aliphatic carbocycles. The molecular weight excluding hydrogens is 1160 g/mol. The van der Waals surface area contributed by atoms with Gasteiger partial charge < -0.3 is 29.7 Å². The van der Waals surface area contributed by atoms with Crippen molar-refractivity contribution in [1.82, 2.24) is 14.7 Å². The summed E-state index contributed by atoms with van der Waals surface area (Å²) in [7, 11) is 10.8. The lowest BCUT2D eigenvalue weighted by molar-refractivity contribution is -0.138. The minimum atomic E-state index is -0.921. The highest BCUT2D eigenvalue weighted by atomic mass is 79.9. The third kappa shape index (κ3) is 11.6. The van der Waals surface area contributed by atoms with Gasteiger partial charge in [-0.15, -0.1) is 12.3 Å². The number of fused-ring (bicyclic) bond motifs is 9. The van der Waals surface area contributed by atoms with Gasteiger partial charge >= 0.3 is 0 Å². The number of halogens is 1. The molecule has 12 rings (SSSR count). The number of hydrogen-bond donors (Lipinski definition) is 1. The Hall–Kier alpha value is -6.08. The Balaban J connectivity index is 0.000000150. The van der Waals surface area contributed by atoms with Gasteiger partial charge in [0.25, 0.3) is 17.7 Å². The Labute approximate surface area is 534 Å². The smallest absolute Gasteiger partial charge is 0.262 e. The van der Waals surface area contributed by atoms with Crippen molar-refractivity contribution < 1.29 is 28.6 Å². The van der Waals surface area contributed by atoms with E-state index in [-0.39, 0.29) is 46.2 Å². The normalized spacial score (nSPS) is 30.3. The van der Waals surface area contributed by atoms with Gasteiger partial charge in [-0.05, 0) is 198 Å². The van der Waals surface area contributed by atoms with Crippen LogP contribution in [0.2, 0.25) is 0 Å². The average Bonchev–Trinajstić information content (AvgIpc) is 1.55. The van der Waals surface area contributed by atoms with Gasteiger partial charge in [0.2, 0.25) is 0 Å². The molecule has 3 fully saturated rings. The van der Waals surface area contributed by atoms with E-state index in [1.165, 1.54) is 21.6 Å². The third-order valence-corrected chi connectivity index (χ3v) is 21.6. The second-order valence-electron chi connectivity index (χ2n) is 27.8. The summed E-state index contributed by atoms with van der Waals surface area (Å²) in [4.78, 5) is 60.7. The van der Waals surface area contributed by atoms with E-state index < -0.39 is 16.6 Å². The highest BCUT2D eigenvalue weighted by Crippen LogP contribution is 2.65. The van der Waals surface area contributed by atoms with Crippen LogP contribution in [0.3, 0.4) is 0 Å². The van der Waals surface area contributed by atoms with E-state index in [9.17, 15) is 14.4 Å². The Morgan fingerprint density at radius 1 is 0.534 bits per heavy atom. The molecular formula is C74H96BrN7O6. The monoisotopic (exact) mass is 1260 g/mol. The molecule has 3 aromatic carbocycles. The van der Waals surface area contributed by atoms with Gasteiger partial charge in [0, 0.05) is 93.6 Å². The van der Waals surface area contributed by atoms with Gasteiger partial charge in [-0.2, -0.15) is 0 Å². The average molecular weight is 1260 g/mol. The van der Waals surface area contributed by atoms with E-state index in [0.717, 1.165) is 160 Å². The van der Waals surface area contributed by atoms with Crippen LogP contribution in [0.4, 0.5) is 0 Å². The minimum absolute atomic E-state index is 0.00286. The molecule has 13 nitrogen and oxygen atoms in total. The van der Waals surface area contributed by atoms with Crippen LogP contribution in [0.15, 0.2) is 74.0 Å². The second kappa shape index (κ2) is 26.4. The summed E-state index contributed by atoms with van der Waals surface area (Å²) in [5.74, 6) is 19.7. The summed E-state index contributed by atoms with van der Waals surface area (Å²) in [6.07, 6.45) is 22.7. The molecule has 0 radical (unpaired) electrons. The summed E-state index contributed by atoms with van der Waals surface area (Å²) in [5.41, 5.74) is 12.1. The molecule has 3 amide bonds. The van der Waals surface area contributed by atoms with Crippen molar-refractivity contribution in [2.75, 3.05) is 42.5 Å². The highest BCUT2D eigenvalue weighted by Gasteiger charge is 2.69. The fourth-order valence-corrected chi connectivity index (χ4v) is 16.4. The first-order valence-electron chi connectivity index (χ1n) is 32.2. The molecule has 470 valence electrons. The molecule has 9 aliphatic rings. The van der Waals surface area contributed by atoms with Crippen molar-refractivity contribution in [2.45, 2.75) is 206 Å². The SMILES string of the molecule is C#CCC(C)C.COC1CCC2(CC1)Cc1ccc(Br)cc1C21N=C(C)N(C)C1=O.COC1CCC2(CC1)Cc1ccc(C#CCC(C)C)cc1C21N=C(C)N(C)C1=O.COC1CCC2(CC1)Cc1ccc(C#CCC(C)C)cc1C21N=C(N)N(C)C1=O. The number of hydrogen-bond acceptors (Lipinski definition) is 10. The lowest BCUT2D eigenvalue weighted by Crippen LogP contribution is -2.51. The van der Waals surface area contributed by atoms with Gasteiger partial charge in [-0.25, -0.2) is 4.99 Å². The van der Waals surface area contributed by atoms with Crippen molar-refractivity contribution >= 4 is 51.3 Å². The van der Waals surface area contributed by atoms with Crippen molar-refractivity contribution in [2.24, 2.45) is 54.7 Å². The maximum Gasteiger partial charge on any atom is 0.262 e. The number of benzene rings is 3. The summed E-state index contributed by atoms with van der Waals surface area (Å²) in [6.45, 7) is 16.8. The number of terminal acetylenes is 1. The Kier molecular flexibility index (Phi) is 19.9. The Morgan fingerprint density at radius 2 is 0.864 bits per heavy atom. The molecule has 3 aromatic rings. The Morgan fingerprint density at radius 3 is 1.15 bits per heavy atom. The minimum Gasteiger partial charge on any atom is -0.381 e. The van der Waals surface area contributed by atoms with E-state index in [1.807, 2.05) is 27.9 Å². The molecule has 3 heterocycles. The third-order valence-electron chi connectivity index (χ3n) is 21.1. The van der Waals surface area contributed by atoms with Gasteiger partial charge in [-0.1, -0.05) is 99.4 Å². The largest absolute Gasteiger partial charge is 0.381 e. The van der Waals surface area contributed by atoms with Crippen LogP contribution in [-0.2, 0) is 64.5 Å². The first-order valence-corrected chi connectivity index (χ1v) is 33.0. The number of guanidine groups is 1. The molecule has 0 saturated heterocycles. The zero-order chi connectivity index (χ0) is 63.7. The molecule has 2 N–H and O–H groups in total. The van der Waals surface area contributed by atoms with E-state index in [4.69, 9.17) is 41.3 Å². The number of amidine groups is 2. The molecule has 88 heavy (non-hydrogen) atoms. The number of amides is 3. The number of nitrogens with zero attached hydrogens (tertiary/aromatic N) is 6. The summed E-state index contributed by atoms with van der Waals surface area (Å²) >= 11 is 3.59. The summed E-state index contributed by atoms with van der Waals surface area (Å²) in [5, 5.41) is 0. The molecule has 3 atom stereocenters. The molecule has 0 bridgehead atoms. The summed E-state index contributed by atoms with van der Waals surface area (Å²) in [6, 6.07) is 19.1. The van der Waals surface area contributed by atoms with Crippen LogP contribution in [0.5, 0.6) is 0 Å². The number of nitrogens with two attached hydrogens (primary N) is 1. The topological polar surface area (TPSA) is 152 Å². The number of carbonyl (C=O) groups is 3. The van der Waals surface area contributed by atoms with Crippen LogP contribution in [0.1, 0.15) is 196 Å². The predicted molar refractivity (Wildman–Crippen MR) is 355 cm³/mol. The van der Waals surface area contributed by atoms with Crippen molar-refractivity contribution in [3.8, 4) is 36.0 Å². The lowest BCUT2D eigenvalue weighted by Gasteiger charge is -2.45. The molecule has 0 aromatic heterocycles. The van der Waals surface area contributed by atoms with Gasteiger partial charge in [-0.3, -0.25) is 29.3 Å². The first kappa shape index (κ1) is 66.3. The van der Waals surface area contributed by atoms with Gasteiger partial charge in [0.05, 0.1) is 18.3 Å². The van der Waals surface area contributed by atoms with E-state index >= 15 is 0 Å². The van der Waals surface area contributed by atoms with E-state index in [2.05, 4.69) is 142 Å². The van der Waals surface area contributed by atoms with Crippen LogP contribution >= 0.6 is 15.9 Å². The summed E-state index contributed by atoms with van der Waals surface area (Å²) < 4.78 is 17.8. The standard InChI is InChI=1S/C25H32N2O2.C24H31N3O2.C19H23BrN2O2.C6H10/c1-17(2)7-6-8-19-9-10-20-16-24(13-11-21(29-5)12-14-24)25(22(20)15-19)23(28)27(4)18(3)26-25;1-16(2)6-5-7-17-8-9-18-15-23(12-10-19(29-4)11-13-23)24(20(18)14-17)21(28)27(3)22(25)26-24;1-12-21-19(17(23)22(12)2)16-10-14(20)5-4-13(16)11-18(19)8-6-15(24-3)7-9-18;1-4-5-6(2)3/h9-10,15,17,21H,7,11-14,16H2,1-5H3;8-9,14,16,19H,6,10-13,15H2,1-4H3,(H2,25,26);4-5,10,15H,6-9,11H2,1-3H3;1,6H,5H2,2-3H3. The van der Waals surface area contributed by atoms with Crippen molar-refractivity contribution in [3.63, 3.8) is 0 Å². The maximum absolute atomic E-state index is 13.7. The molecule has 3 saturated carbocycles. The molecule has 3 aliphatic heterocycles. The second-order valence-corrected chi connectivity index (χ2v) is 28.8. The zero-order valence-corrected chi connectivity index (χ0v) is 56.6. The first-order chi connectivity index (χ1) is 41.9. The molecule has 3 unspecified atom stereocenters. The highest BCUT2D eigenvalue weighted by molar-refractivity contribution is 9.10. The van der Waals surface area contributed by atoms with Crippen LogP contribution in [0, 0.1) is 70.0 Å². The predicted octanol–water partition coefficient (Wildman–Crippen LogP) is 12.8. The van der Waals surface area contributed by atoms with Gasteiger partial charge in [0.1, 0.15) is 11.7 Å². The van der Waals surface area contributed by atoms with Crippen molar-refractivity contribution in [3.05, 3.63) is 104 Å². The quantitative estimate of drug-likeness (QED) is 0.241. The number of aliphatic imine (C=N–C) groups is 3. The fraction of sp³-hybridized carbons (Fsp3) is 0.595. The number of rotatable bonds is 6. The number of methoxy groups -OCH3 is 3.